The molecule has 3 aliphatic rings. The quantitative estimate of drug-likeness (QED) is 0.457. The minimum atomic E-state index is -1.11. The fraction of sp³-hybridized carbons (Fsp3) is 0.448. The number of amides is 1. The van der Waals surface area contributed by atoms with E-state index in [-0.39, 0.29) is 29.9 Å². The van der Waals surface area contributed by atoms with E-state index in [1.807, 2.05) is 30.3 Å². The van der Waals surface area contributed by atoms with Crippen LogP contribution in [0.5, 0.6) is 11.5 Å². The van der Waals surface area contributed by atoms with Crippen LogP contribution >= 0.6 is 11.6 Å². The fourth-order valence-corrected chi connectivity index (χ4v) is 5.93. The van der Waals surface area contributed by atoms with Crippen molar-refractivity contribution in [3.05, 3.63) is 58.9 Å². The van der Waals surface area contributed by atoms with Crippen LogP contribution in [0.1, 0.15) is 30.9 Å². The number of nitrogens with zero attached hydrogens (tertiary/aromatic N) is 3. The highest BCUT2D eigenvalue weighted by Gasteiger charge is 2.34. The number of aromatic nitrogens is 1. The van der Waals surface area contributed by atoms with E-state index in [2.05, 4.69) is 15.1 Å². The number of carbonyl (C=O) groups excluding carboxylic acids is 1. The van der Waals surface area contributed by atoms with Crippen molar-refractivity contribution >= 4 is 34.2 Å². The third-order valence-electron chi connectivity index (χ3n) is 7.84. The molecule has 0 aliphatic carbocycles. The average molecular weight is 555 g/mol. The lowest BCUT2D eigenvalue weighted by molar-refractivity contribution is -0.126. The number of nitrogens with one attached hydrogen (secondary N) is 1. The third kappa shape index (κ3) is 5.62. The van der Waals surface area contributed by atoms with Gasteiger partial charge >= 0.3 is 0 Å². The molecule has 1 aromatic heterocycles. The molecule has 3 aliphatic heterocycles. The Balaban J connectivity index is 1.17. The van der Waals surface area contributed by atoms with Gasteiger partial charge in [0.2, 0.25) is 5.91 Å². The van der Waals surface area contributed by atoms with Gasteiger partial charge in [-0.25, -0.2) is 9.37 Å². The van der Waals surface area contributed by atoms with Gasteiger partial charge in [0.1, 0.15) is 25.1 Å². The van der Waals surface area contributed by atoms with E-state index in [4.69, 9.17) is 26.1 Å². The summed E-state index contributed by atoms with van der Waals surface area (Å²) in [6, 6.07) is 11.8. The monoisotopic (exact) mass is 554 g/mol. The molecular weight excluding hydrogens is 523 g/mol. The van der Waals surface area contributed by atoms with Gasteiger partial charge in [-0.05, 0) is 80.4 Å². The summed E-state index contributed by atoms with van der Waals surface area (Å²) >= 11 is 6.10. The molecular formula is C29H32ClFN4O4. The van der Waals surface area contributed by atoms with Gasteiger partial charge in [-0.15, -0.1) is 0 Å². The number of anilines is 1. The maximum atomic E-state index is 14.8. The number of rotatable bonds is 7. The Hall–Kier alpha value is -3.14. The molecule has 6 rings (SSSR count). The number of aliphatic hydroxyl groups excluding tert-OH is 1. The molecule has 3 unspecified atom stereocenters. The van der Waals surface area contributed by atoms with E-state index in [1.165, 1.54) is 6.07 Å². The van der Waals surface area contributed by atoms with Crippen molar-refractivity contribution in [3.63, 3.8) is 0 Å². The van der Waals surface area contributed by atoms with Gasteiger partial charge < -0.3 is 29.7 Å². The van der Waals surface area contributed by atoms with Crippen LogP contribution in [0.15, 0.2) is 42.5 Å². The molecule has 2 fully saturated rings. The van der Waals surface area contributed by atoms with Gasteiger partial charge in [0.15, 0.2) is 17.3 Å². The Morgan fingerprint density at radius 3 is 2.79 bits per heavy atom. The second kappa shape index (κ2) is 11.2. The molecule has 0 spiro atoms. The Labute approximate surface area is 231 Å². The lowest BCUT2D eigenvalue weighted by Gasteiger charge is -2.30. The molecule has 0 bridgehead atoms. The predicted molar refractivity (Wildman–Crippen MR) is 147 cm³/mol. The normalized spacial score (nSPS) is 20.8. The third-order valence-corrected chi connectivity index (χ3v) is 8.08. The number of hydrogen-bond acceptors (Lipinski definition) is 7. The summed E-state index contributed by atoms with van der Waals surface area (Å²) in [7, 11) is 0. The van der Waals surface area contributed by atoms with Crippen LogP contribution in [0.4, 0.5) is 10.2 Å². The number of pyridine rings is 1. The van der Waals surface area contributed by atoms with Crippen LogP contribution in [0.25, 0.3) is 10.9 Å². The maximum absolute atomic E-state index is 14.8. The standard InChI is InChI=1S/C29H32ClFN4O4/c30-21-4-5-23-18(13-21)3-6-26(32-23)35-10-7-19(16-35)29(37)33-24(17-34-8-1-2-9-34)27(36)20-14-22(31)28-25(15-20)38-11-12-39-28/h3-6,13-15,19,24,27,36H,1-2,7-12,16-17H2,(H,33,37). The van der Waals surface area contributed by atoms with E-state index in [0.717, 1.165) is 42.7 Å². The van der Waals surface area contributed by atoms with Gasteiger partial charge in [-0.3, -0.25) is 4.79 Å². The van der Waals surface area contributed by atoms with Crippen LogP contribution in [0, 0.1) is 11.7 Å². The topological polar surface area (TPSA) is 87.2 Å². The molecule has 4 heterocycles. The highest BCUT2D eigenvalue weighted by atomic mass is 35.5. The highest BCUT2D eigenvalue weighted by molar-refractivity contribution is 6.31. The number of fused-ring (bicyclic) bond motifs is 2. The Morgan fingerprint density at radius 2 is 1.95 bits per heavy atom. The molecule has 10 heteroatoms. The number of carbonyl (C=O) groups is 1. The zero-order chi connectivity index (χ0) is 26.9. The number of aliphatic hydroxyl groups is 1. The summed E-state index contributed by atoms with van der Waals surface area (Å²) in [5.41, 5.74) is 1.21. The number of hydrogen-bond donors (Lipinski definition) is 2. The van der Waals surface area contributed by atoms with Crippen molar-refractivity contribution in [2.75, 3.05) is 50.8 Å². The van der Waals surface area contributed by atoms with Crippen LogP contribution in [-0.2, 0) is 4.79 Å². The van der Waals surface area contributed by atoms with Crippen LogP contribution in [0.3, 0.4) is 0 Å². The number of benzene rings is 2. The molecule has 3 atom stereocenters. The second-order valence-electron chi connectivity index (χ2n) is 10.5. The number of likely N-dealkylation sites (tertiary alicyclic amines) is 1. The van der Waals surface area contributed by atoms with Crippen LogP contribution in [-0.4, -0.2) is 72.9 Å². The van der Waals surface area contributed by atoms with Gasteiger partial charge in [0, 0.05) is 30.0 Å². The van der Waals surface area contributed by atoms with E-state index >= 15 is 0 Å². The first-order chi connectivity index (χ1) is 18.9. The van der Waals surface area contributed by atoms with Crippen molar-refractivity contribution in [3.8, 4) is 11.5 Å². The zero-order valence-corrected chi connectivity index (χ0v) is 22.4. The first-order valence-corrected chi connectivity index (χ1v) is 13.9. The number of ether oxygens (including phenoxy) is 2. The minimum absolute atomic E-state index is 0.0637. The Kier molecular flexibility index (Phi) is 7.47. The molecule has 39 heavy (non-hydrogen) atoms. The molecule has 2 N–H and O–H groups in total. The first-order valence-electron chi connectivity index (χ1n) is 13.6. The van der Waals surface area contributed by atoms with Crippen molar-refractivity contribution < 1.29 is 23.8 Å². The van der Waals surface area contributed by atoms with E-state index < -0.39 is 18.0 Å². The van der Waals surface area contributed by atoms with Gasteiger partial charge in [0.25, 0.3) is 0 Å². The summed E-state index contributed by atoms with van der Waals surface area (Å²) in [5.74, 6) is 0.209. The second-order valence-corrected chi connectivity index (χ2v) is 11.0. The first kappa shape index (κ1) is 26.1. The van der Waals surface area contributed by atoms with Gasteiger partial charge in [-0.2, -0.15) is 0 Å². The largest absolute Gasteiger partial charge is 0.486 e. The van der Waals surface area contributed by atoms with E-state index in [0.29, 0.717) is 43.2 Å². The Morgan fingerprint density at radius 1 is 1.13 bits per heavy atom. The lowest BCUT2D eigenvalue weighted by Crippen LogP contribution is -2.48. The average Bonchev–Trinajstić information content (AvgIpc) is 3.65. The molecule has 0 radical (unpaired) electrons. The van der Waals surface area contributed by atoms with Crippen molar-refractivity contribution in [2.24, 2.45) is 5.92 Å². The molecule has 0 saturated carbocycles. The van der Waals surface area contributed by atoms with Crippen LogP contribution in [0.2, 0.25) is 5.02 Å². The summed E-state index contributed by atoms with van der Waals surface area (Å²) in [4.78, 5) is 22.6. The summed E-state index contributed by atoms with van der Waals surface area (Å²) < 4.78 is 25.7. The maximum Gasteiger partial charge on any atom is 0.225 e. The molecule has 206 valence electrons. The van der Waals surface area contributed by atoms with Crippen molar-refractivity contribution in [2.45, 2.75) is 31.4 Å². The summed E-state index contributed by atoms with van der Waals surface area (Å²) in [6.45, 7) is 4.13. The smallest absolute Gasteiger partial charge is 0.225 e. The molecule has 8 nitrogen and oxygen atoms in total. The molecule has 2 saturated heterocycles. The molecule has 2 aromatic carbocycles. The van der Waals surface area contributed by atoms with E-state index in [1.54, 1.807) is 6.07 Å². The molecule has 1 amide bonds. The number of halogens is 2. The van der Waals surface area contributed by atoms with Crippen LogP contribution < -0.4 is 19.7 Å². The van der Waals surface area contributed by atoms with Gasteiger partial charge in [0.05, 0.1) is 17.5 Å². The van der Waals surface area contributed by atoms with E-state index in [9.17, 15) is 14.3 Å². The lowest BCUT2D eigenvalue weighted by atomic mass is 9.99. The summed E-state index contributed by atoms with van der Waals surface area (Å²) in [5, 5.41) is 16.1. The minimum Gasteiger partial charge on any atom is -0.486 e. The zero-order valence-electron chi connectivity index (χ0n) is 21.6. The SMILES string of the molecule is O=C(NC(CN1CCCC1)C(O)c1cc(F)c2c(c1)OCCO2)C1CCN(c2ccc3cc(Cl)ccc3n2)C1. The summed E-state index contributed by atoms with van der Waals surface area (Å²) in [6.07, 6.45) is 1.74. The predicted octanol–water partition coefficient (Wildman–Crippen LogP) is 3.94. The van der Waals surface area contributed by atoms with Crippen molar-refractivity contribution in [1.82, 2.24) is 15.2 Å². The van der Waals surface area contributed by atoms with Gasteiger partial charge in [-0.1, -0.05) is 11.6 Å². The molecule has 3 aromatic rings. The fourth-order valence-electron chi connectivity index (χ4n) is 5.75. The van der Waals surface area contributed by atoms with Crippen molar-refractivity contribution in [1.29, 1.82) is 0 Å². The Bertz CT molecular complexity index is 1370. The highest BCUT2D eigenvalue weighted by Crippen LogP contribution is 2.36.